The first kappa shape index (κ1) is 25.7. The minimum absolute atomic E-state index is 0.141. The largest absolute Gasteiger partial charge is 0.493 e. The van der Waals surface area contributed by atoms with E-state index < -0.39 is 6.04 Å². The maximum absolute atomic E-state index is 13.2. The van der Waals surface area contributed by atoms with Crippen molar-refractivity contribution in [3.8, 4) is 22.9 Å². The van der Waals surface area contributed by atoms with Crippen LogP contribution in [-0.4, -0.2) is 63.7 Å². The van der Waals surface area contributed by atoms with Crippen LogP contribution < -0.4 is 14.8 Å². The van der Waals surface area contributed by atoms with Gasteiger partial charge in [-0.25, -0.2) is 0 Å². The minimum Gasteiger partial charge on any atom is -0.493 e. The summed E-state index contributed by atoms with van der Waals surface area (Å²) >= 11 is 0. The van der Waals surface area contributed by atoms with Gasteiger partial charge in [-0.15, -0.1) is 10.2 Å². The topological polar surface area (TPSA) is 125 Å². The molecule has 0 spiro atoms. The fraction of sp³-hybridized carbons (Fsp3) is 0.458. The van der Waals surface area contributed by atoms with E-state index in [-0.39, 0.29) is 24.9 Å². The summed E-state index contributed by atoms with van der Waals surface area (Å²) in [4.78, 5) is 28.6. The number of carbonyl (C=O) groups is 2. The lowest BCUT2D eigenvalue weighted by atomic mass is 10.1. The summed E-state index contributed by atoms with van der Waals surface area (Å²) in [5.74, 6) is 1.89. The Hall–Kier alpha value is -3.89. The molecule has 0 saturated carbocycles. The van der Waals surface area contributed by atoms with Crippen molar-refractivity contribution in [1.29, 1.82) is 0 Å². The SMILES string of the molecule is COc1ccc(-c2nnn(CC(=O)N(Cc3ccco3)C(C)C(=O)NCCC(C)C)n2)cc1OC. The molecule has 0 radical (unpaired) electrons. The molecule has 0 bridgehead atoms. The van der Waals surface area contributed by atoms with Gasteiger partial charge in [0, 0.05) is 12.1 Å². The molecule has 0 saturated heterocycles. The van der Waals surface area contributed by atoms with Gasteiger partial charge in [0.25, 0.3) is 0 Å². The molecule has 0 aliphatic heterocycles. The molecule has 0 fully saturated rings. The third-order valence-corrected chi connectivity index (χ3v) is 5.47. The Morgan fingerprint density at radius 3 is 2.57 bits per heavy atom. The van der Waals surface area contributed by atoms with Crippen LogP contribution in [0.2, 0.25) is 0 Å². The summed E-state index contributed by atoms with van der Waals surface area (Å²) in [6.45, 7) is 6.36. The standard InChI is InChI=1S/C24H32N6O5/c1-16(2)10-11-25-24(32)17(3)29(14-19-7-6-12-35-19)22(31)15-30-27-23(26-28-30)18-8-9-20(33-4)21(13-18)34-5/h6-9,12-13,16-17H,10-11,14-15H2,1-5H3,(H,25,32). The lowest BCUT2D eigenvalue weighted by Crippen LogP contribution is -2.48. The molecule has 1 atom stereocenters. The number of furan rings is 1. The molecule has 188 valence electrons. The maximum atomic E-state index is 13.2. The molecule has 35 heavy (non-hydrogen) atoms. The molecule has 11 heteroatoms. The molecular formula is C24H32N6O5. The highest BCUT2D eigenvalue weighted by Crippen LogP contribution is 2.30. The number of hydrogen-bond acceptors (Lipinski definition) is 8. The third-order valence-electron chi connectivity index (χ3n) is 5.47. The number of methoxy groups -OCH3 is 2. The second-order valence-corrected chi connectivity index (χ2v) is 8.46. The highest BCUT2D eigenvalue weighted by molar-refractivity contribution is 5.87. The highest BCUT2D eigenvalue weighted by Gasteiger charge is 2.27. The van der Waals surface area contributed by atoms with Crippen molar-refractivity contribution in [3.05, 3.63) is 42.4 Å². The molecule has 2 heterocycles. The van der Waals surface area contributed by atoms with Gasteiger partial charge < -0.3 is 24.1 Å². The first-order valence-corrected chi connectivity index (χ1v) is 11.4. The first-order valence-electron chi connectivity index (χ1n) is 11.4. The van der Waals surface area contributed by atoms with Gasteiger partial charge in [0.2, 0.25) is 17.6 Å². The van der Waals surface area contributed by atoms with Crippen molar-refractivity contribution >= 4 is 11.8 Å². The summed E-state index contributed by atoms with van der Waals surface area (Å²) in [6.07, 6.45) is 2.38. The molecule has 2 aromatic heterocycles. The van der Waals surface area contributed by atoms with Crippen LogP contribution in [0.1, 0.15) is 33.0 Å². The van der Waals surface area contributed by atoms with Crippen LogP contribution in [0.15, 0.2) is 41.0 Å². The fourth-order valence-corrected chi connectivity index (χ4v) is 3.40. The molecule has 0 aliphatic rings. The molecule has 2 amide bonds. The quantitative estimate of drug-likeness (QED) is 0.416. The smallest absolute Gasteiger partial charge is 0.247 e. The van der Waals surface area contributed by atoms with Gasteiger partial charge in [0.1, 0.15) is 18.3 Å². The number of nitrogens with one attached hydrogen (secondary N) is 1. The van der Waals surface area contributed by atoms with E-state index in [1.54, 1.807) is 51.5 Å². The lowest BCUT2D eigenvalue weighted by Gasteiger charge is -2.27. The van der Waals surface area contributed by atoms with Gasteiger partial charge in [-0.05, 0) is 54.8 Å². The molecular weight excluding hydrogens is 452 g/mol. The van der Waals surface area contributed by atoms with Crippen LogP contribution in [0, 0.1) is 5.92 Å². The van der Waals surface area contributed by atoms with Crippen LogP contribution in [0.5, 0.6) is 11.5 Å². The number of nitrogens with zero attached hydrogens (tertiary/aromatic N) is 5. The second kappa shape index (κ2) is 12.0. The van der Waals surface area contributed by atoms with Gasteiger partial charge >= 0.3 is 0 Å². The van der Waals surface area contributed by atoms with E-state index in [1.807, 2.05) is 0 Å². The average Bonchev–Trinajstić information content (AvgIpc) is 3.53. The molecule has 3 rings (SSSR count). The van der Waals surface area contributed by atoms with E-state index in [2.05, 4.69) is 34.6 Å². The molecule has 1 N–H and O–H groups in total. The van der Waals surface area contributed by atoms with E-state index in [0.29, 0.717) is 41.1 Å². The fourth-order valence-electron chi connectivity index (χ4n) is 3.40. The van der Waals surface area contributed by atoms with Crippen molar-refractivity contribution in [2.45, 2.75) is 46.3 Å². The lowest BCUT2D eigenvalue weighted by molar-refractivity contribution is -0.141. The molecule has 3 aromatic rings. The molecule has 1 aromatic carbocycles. The second-order valence-electron chi connectivity index (χ2n) is 8.46. The number of hydrogen-bond donors (Lipinski definition) is 1. The maximum Gasteiger partial charge on any atom is 0.247 e. The highest BCUT2D eigenvalue weighted by atomic mass is 16.5. The van der Waals surface area contributed by atoms with Crippen LogP contribution in [0.25, 0.3) is 11.4 Å². The Morgan fingerprint density at radius 2 is 1.91 bits per heavy atom. The Labute approximate surface area is 204 Å². The number of carbonyl (C=O) groups excluding carboxylic acids is 2. The molecule has 0 aliphatic carbocycles. The van der Waals surface area contributed by atoms with Crippen molar-refractivity contribution in [2.24, 2.45) is 5.92 Å². The van der Waals surface area contributed by atoms with E-state index in [1.165, 1.54) is 16.0 Å². The van der Waals surface area contributed by atoms with Gasteiger partial charge in [-0.2, -0.15) is 4.80 Å². The van der Waals surface area contributed by atoms with E-state index in [9.17, 15) is 9.59 Å². The summed E-state index contributed by atoms with van der Waals surface area (Å²) < 4.78 is 16.0. The Bertz CT molecular complexity index is 1110. The van der Waals surface area contributed by atoms with E-state index in [0.717, 1.165) is 6.42 Å². The van der Waals surface area contributed by atoms with Crippen molar-refractivity contribution in [3.63, 3.8) is 0 Å². The minimum atomic E-state index is -0.714. The third kappa shape index (κ3) is 6.81. The zero-order valence-corrected chi connectivity index (χ0v) is 20.7. The Balaban J connectivity index is 1.74. The van der Waals surface area contributed by atoms with Gasteiger partial charge in [0.15, 0.2) is 11.5 Å². The van der Waals surface area contributed by atoms with Crippen molar-refractivity contribution in [2.75, 3.05) is 20.8 Å². The Kier molecular flexibility index (Phi) is 8.82. The zero-order valence-electron chi connectivity index (χ0n) is 20.7. The number of tetrazole rings is 1. The van der Waals surface area contributed by atoms with Crippen LogP contribution in [0.3, 0.4) is 0 Å². The predicted molar refractivity (Wildman–Crippen MR) is 128 cm³/mol. The summed E-state index contributed by atoms with van der Waals surface area (Å²) in [5, 5.41) is 15.3. The van der Waals surface area contributed by atoms with Gasteiger partial charge in [0.05, 0.1) is 27.0 Å². The number of rotatable bonds is 12. The summed E-state index contributed by atoms with van der Waals surface area (Å²) in [5.41, 5.74) is 0.659. The predicted octanol–water partition coefficient (Wildman–Crippen LogP) is 2.53. The zero-order chi connectivity index (χ0) is 25.4. The van der Waals surface area contributed by atoms with E-state index >= 15 is 0 Å². The van der Waals surface area contributed by atoms with Crippen LogP contribution in [-0.2, 0) is 22.7 Å². The van der Waals surface area contributed by atoms with Crippen LogP contribution in [0.4, 0.5) is 0 Å². The Morgan fingerprint density at radius 1 is 1.14 bits per heavy atom. The number of amides is 2. The normalized spacial score (nSPS) is 11.8. The van der Waals surface area contributed by atoms with Gasteiger partial charge in [-0.1, -0.05) is 13.8 Å². The van der Waals surface area contributed by atoms with Crippen molar-refractivity contribution < 1.29 is 23.5 Å². The van der Waals surface area contributed by atoms with E-state index in [4.69, 9.17) is 13.9 Å². The summed E-state index contributed by atoms with van der Waals surface area (Å²) in [6, 6.07) is 8.02. The average molecular weight is 485 g/mol. The monoisotopic (exact) mass is 484 g/mol. The van der Waals surface area contributed by atoms with Crippen molar-refractivity contribution in [1.82, 2.24) is 30.4 Å². The molecule has 11 nitrogen and oxygen atoms in total. The number of benzene rings is 1. The number of ether oxygens (including phenoxy) is 2. The number of aromatic nitrogens is 4. The molecule has 1 unspecified atom stereocenters. The summed E-state index contributed by atoms with van der Waals surface area (Å²) in [7, 11) is 3.09. The van der Waals surface area contributed by atoms with Crippen LogP contribution >= 0.6 is 0 Å². The first-order chi connectivity index (χ1) is 16.8. The van der Waals surface area contributed by atoms with Gasteiger partial charge in [-0.3, -0.25) is 9.59 Å².